The maximum absolute atomic E-state index is 12.1. The quantitative estimate of drug-likeness (QED) is 0.779. The van der Waals surface area contributed by atoms with Gasteiger partial charge in [0.05, 0.1) is 4.34 Å². The molecule has 6 heteroatoms. The topological polar surface area (TPSA) is 21.3 Å². The molecule has 0 spiro atoms. The second-order valence-electron chi connectivity index (χ2n) is 4.47. The van der Waals surface area contributed by atoms with E-state index in [4.69, 9.17) is 11.6 Å². The molecule has 2 rings (SSSR count). The van der Waals surface area contributed by atoms with E-state index in [1.54, 1.807) is 35.6 Å². The van der Waals surface area contributed by atoms with Crippen molar-refractivity contribution in [1.82, 2.24) is 5.32 Å². The highest BCUT2D eigenvalue weighted by molar-refractivity contribution is 7.16. The summed E-state index contributed by atoms with van der Waals surface area (Å²) in [7, 11) is 0. The molecule has 0 fully saturated rings. The molecular weight excluding hydrogens is 316 g/mol. The van der Waals surface area contributed by atoms with Gasteiger partial charge in [0.1, 0.15) is 5.75 Å². The first-order valence-corrected chi connectivity index (χ1v) is 7.80. The Morgan fingerprint density at radius 1 is 1.19 bits per heavy atom. The molecule has 1 aromatic carbocycles. The lowest BCUT2D eigenvalue weighted by Crippen LogP contribution is -2.22. The Hall–Kier alpha value is -1.17. The Bertz CT molecular complexity index is 559. The largest absolute Gasteiger partial charge is 0.435 e. The molecule has 2 nitrogen and oxygen atoms in total. The fourth-order valence-corrected chi connectivity index (χ4v) is 3.23. The van der Waals surface area contributed by atoms with Crippen molar-refractivity contribution in [2.24, 2.45) is 0 Å². The third kappa shape index (κ3) is 4.95. The summed E-state index contributed by atoms with van der Waals surface area (Å²) in [4.78, 5) is 1.18. The first-order chi connectivity index (χ1) is 10.1. The van der Waals surface area contributed by atoms with Gasteiger partial charge in [-0.3, -0.25) is 0 Å². The summed E-state index contributed by atoms with van der Waals surface area (Å²) in [5, 5.41) is 3.39. The van der Waals surface area contributed by atoms with Gasteiger partial charge in [0.2, 0.25) is 0 Å². The van der Waals surface area contributed by atoms with Gasteiger partial charge in [-0.1, -0.05) is 30.7 Å². The molecule has 21 heavy (non-hydrogen) atoms. The molecule has 1 aromatic heterocycles. The second kappa shape index (κ2) is 7.73. The zero-order valence-electron chi connectivity index (χ0n) is 11.5. The smallest absolute Gasteiger partial charge is 0.387 e. The summed E-state index contributed by atoms with van der Waals surface area (Å²) in [5.41, 5.74) is 1.03. The first-order valence-electron chi connectivity index (χ1n) is 6.61. The second-order valence-corrected chi connectivity index (χ2v) is 6.27. The van der Waals surface area contributed by atoms with Crippen LogP contribution in [0.2, 0.25) is 4.34 Å². The maximum atomic E-state index is 12.1. The summed E-state index contributed by atoms with van der Waals surface area (Å²) < 4.78 is 29.4. The van der Waals surface area contributed by atoms with Crippen LogP contribution in [0, 0.1) is 0 Å². The van der Waals surface area contributed by atoms with Crippen molar-refractivity contribution in [3.63, 3.8) is 0 Å². The number of hydrogen-bond acceptors (Lipinski definition) is 3. The molecule has 2 aromatic rings. The van der Waals surface area contributed by atoms with Gasteiger partial charge in [-0.25, -0.2) is 0 Å². The van der Waals surface area contributed by atoms with Crippen LogP contribution in [-0.2, 0) is 6.42 Å². The number of rotatable bonds is 7. The predicted octanol–water partition coefficient (Wildman–Crippen LogP) is 4.90. The van der Waals surface area contributed by atoms with E-state index in [1.807, 2.05) is 19.1 Å². The molecule has 0 saturated heterocycles. The summed E-state index contributed by atoms with van der Waals surface area (Å²) >= 11 is 7.50. The summed E-state index contributed by atoms with van der Waals surface area (Å²) in [6.45, 7) is 0.0514. The van der Waals surface area contributed by atoms with E-state index in [1.165, 1.54) is 4.88 Å². The minimum Gasteiger partial charge on any atom is -0.435 e. The minimum absolute atomic E-state index is 0.116. The molecule has 1 N–H and O–H groups in total. The monoisotopic (exact) mass is 331 g/mol. The number of likely N-dealkylation sites (N-methyl/N-ethyl adjacent to an activating group) is 1. The highest BCUT2D eigenvalue weighted by atomic mass is 35.5. The molecule has 0 bridgehead atoms. The third-order valence-electron chi connectivity index (χ3n) is 2.99. The van der Waals surface area contributed by atoms with Crippen LogP contribution in [-0.4, -0.2) is 13.2 Å². The lowest BCUT2D eigenvalue weighted by Gasteiger charge is -2.18. The Kier molecular flexibility index (Phi) is 5.96. The maximum Gasteiger partial charge on any atom is 0.387 e. The van der Waals surface area contributed by atoms with E-state index in [-0.39, 0.29) is 11.8 Å². The van der Waals surface area contributed by atoms with Crippen molar-refractivity contribution in [1.29, 1.82) is 0 Å². The predicted molar refractivity (Wildman–Crippen MR) is 82.5 cm³/mol. The molecule has 0 aliphatic heterocycles. The van der Waals surface area contributed by atoms with E-state index < -0.39 is 6.61 Å². The van der Waals surface area contributed by atoms with Crippen molar-refractivity contribution >= 4 is 22.9 Å². The molecule has 0 radical (unpaired) electrons. The van der Waals surface area contributed by atoms with Crippen LogP contribution in [0.25, 0.3) is 0 Å². The zero-order valence-corrected chi connectivity index (χ0v) is 13.1. The zero-order chi connectivity index (χ0) is 15.2. The van der Waals surface area contributed by atoms with Crippen molar-refractivity contribution < 1.29 is 13.5 Å². The normalized spacial score (nSPS) is 12.6. The van der Waals surface area contributed by atoms with Gasteiger partial charge in [-0.05, 0) is 36.4 Å². The Morgan fingerprint density at radius 3 is 2.43 bits per heavy atom. The van der Waals surface area contributed by atoms with Crippen LogP contribution < -0.4 is 10.1 Å². The Labute approximate surface area is 131 Å². The van der Waals surface area contributed by atoms with Crippen LogP contribution >= 0.6 is 22.9 Å². The van der Waals surface area contributed by atoms with E-state index in [2.05, 4.69) is 10.1 Å². The van der Waals surface area contributed by atoms with Gasteiger partial charge < -0.3 is 10.1 Å². The van der Waals surface area contributed by atoms with E-state index in [0.29, 0.717) is 0 Å². The van der Waals surface area contributed by atoms with Gasteiger partial charge in [0.15, 0.2) is 0 Å². The fourth-order valence-electron chi connectivity index (χ4n) is 2.10. The molecule has 0 aliphatic rings. The van der Waals surface area contributed by atoms with Crippen molar-refractivity contribution in [2.75, 3.05) is 6.54 Å². The average Bonchev–Trinajstić information content (AvgIpc) is 2.84. The lowest BCUT2D eigenvalue weighted by atomic mass is 10.0. The summed E-state index contributed by atoms with van der Waals surface area (Å²) in [5.74, 6) is 0.170. The molecule has 0 amide bonds. The molecular formula is C15H16ClF2NOS. The number of thiophene rings is 1. The van der Waals surface area contributed by atoms with Crippen molar-refractivity contribution in [3.05, 3.63) is 51.2 Å². The lowest BCUT2D eigenvalue weighted by molar-refractivity contribution is -0.0498. The molecule has 0 saturated carbocycles. The van der Waals surface area contributed by atoms with Crippen LogP contribution in [0.4, 0.5) is 8.78 Å². The third-order valence-corrected chi connectivity index (χ3v) is 4.25. The van der Waals surface area contributed by atoms with Gasteiger partial charge in [-0.15, -0.1) is 11.3 Å². The van der Waals surface area contributed by atoms with Gasteiger partial charge >= 0.3 is 6.61 Å². The number of hydrogen-bond donors (Lipinski definition) is 1. The first kappa shape index (κ1) is 16.2. The van der Waals surface area contributed by atoms with Crippen LogP contribution in [0.15, 0.2) is 36.4 Å². The Morgan fingerprint density at radius 2 is 1.90 bits per heavy atom. The van der Waals surface area contributed by atoms with Crippen LogP contribution in [0.1, 0.15) is 23.4 Å². The number of benzene rings is 1. The minimum atomic E-state index is -2.80. The molecule has 0 aliphatic carbocycles. The van der Waals surface area contributed by atoms with Gasteiger partial charge in [-0.2, -0.15) is 8.78 Å². The SMILES string of the molecule is CCNC(Cc1ccc(Cl)s1)c1ccc(OC(F)F)cc1. The van der Waals surface area contributed by atoms with Crippen LogP contribution in [0.3, 0.4) is 0 Å². The van der Waals surface area contributed by atoms with Crippen molar-refractivity contribution in [2.45, 2.75) is 26.0 Å². The highest BCUT2D eigenvalue weighted by Gasteiger charge is 2.13. The number of nitrogens with one attached hydrogen (secondary N) is 1. The molecule has 1 unspecified atom stereocenters. The van der Waals surface area contributed by atoms with Gasteiger partial charge in [0.25, 0.3) is 0 Å². The van der Waals surface area contributed by atoms with Gasteiger partial charge in [0, 0.05) is 17.3 Å². The number of halogens is 3. The highest BCUT2D eigenvalue weighted by Crippen LogP contribution is 2.27. The van der Waals surface area contributed by atoms with E-state index in [0.717, 1.165) is 22.9 Å². The van der Waals surface area contributed by atoms with Crippen molar-refractivity contribution in [3.8, 4) is 5.75 Å². The summed E-state index contributed by atoms with van der Waals surface area (Å²) in [6.07, 6.45) is 0.806. The Balaban J connectivity index is 2.10. The van der Waals surface area contributed by atoms with Crippen LogP contribution in [0.5, 0.6) is 5.75 Å². The fraction of sp³-hybridized carbons (Fsp3) is 0.333. The molecule has 114 valence electrons. The summed E-state index contributed by atoms with van der Waals surface area (Å²) in [6, 6.07) is 10.7. The number of ether oxygens (including phenoxy) is 1. The van der Waals surface area contributed by atoms with E-state index >= 15 is 0 Å². The van der Waals surface area contributed by atoms with E-state index in [9.17, 15) is 8.78 Å². The molecule has 1 atom stereocenters. The average molecular weight is 332 g/mol. The standard InChI is InChI=1S/C15H16ClF2NOS/c1-2-19-13(9-12-7-8-14(16)21-12)10-3-5-11(6-4-10)20-15(17)18/h3-8,13,15,19H,2,9H2,1H3. The molecule has 1 heterocycles. The number of alkyl halides is 2.